The second kappa shape index (κ2) is 11.4. The van der Waals surface area contributed by atoms with Crippen molar-refractivity contribution >= 4 is 6.21 Å². The average molecular weight is 406 g/mol. The Morgan fingerprint density at radius 3 is 2.37 bits per heavy atom. The highest BCUT2D eigenvalue weighted by Gasteiger charge is 2.23. The summed E-state index contributed by atoms with van der Waals surface area (Å²) in [5.41, 5.74) is 14.7. The molecule has 0 aliphatic heterocycles. The van der Waals surface area contributed by atoms with Gasteiger partial charge in [0.2, 0.25) is 0 Å². The summed E-state index contributed by atoms with van der Waals surface area (Å²) < 4.78 is 0. The highest BCUT2D eigenvalue weighted by molar-refractivity contribution is 5.57. The van der Waals surface area contributed by atoms with Gasteiger partial charge in [0.15, 0.2) is 0 Å². The van der Waals surface area contributed by atoms with E-state index >= 15 is 0 Å². The maximum atomic E-state index is 5.70. The molecule has 0 aliphatic rings. The van der Waals surface area contributed by atoms with Crippen LogP contribution in [-0.2, 0) is 11.8 Å². The Morgan fingerprint density at radius 2 is 1.87 bits per heavy atom. The molecule has 0 saturated carbocycles. The fraction of sp³-hybridized carbons (Fsp3) is 0.370. The maximum Gasteiger partial charge on any atom is 0.0635 e. The van der Waals surface area contributed by atoms with Crippen molar-refractivity contribution in [2.75, 3.05) is 0 Å². The number of nitrogens with one attached hydrogen (secondary N) is 1. The topological polar surface area (TPSA) is 50.4 Å². The molecule has 30 heavy (non-hydrogen) atoms. The fourth-order valence-corrected chi connectivity index (χ4v) is 3.26. The largest absolute Gasteiger partial charge is 0.403 e. The lowest BCUT2D eigenvalue weighted by molar-refractivity contribution is 0.621. The third-order valence-corrected chi connectivity index (χ3v) is 5.63. The zero-order valence-electron chi connectivity index (χ0n) is 20.1. The number of nitrogens with two attached hydrogens (primary N) is 1. The number of aliphatic imine (C=N–C) groups is 1. The SMILES string of the molecule is C=C(C)C(C)(C)c1ccc(C/C=C(N=CC)\C(C)=C(/C)NC(/C=C\C)=C/N)cc1C. The van der Waals surface area contributed by atoms with Gasteiger partial charge in [0, 0.05) is 23.5 Å². The van der Waals surface area contributed by atoms with E-state index in [-0.39, 0.29) is 5.41 Å². The van der Waals surface area contributed by atoms with Crippen LogP contribution < -0.4 is 11.1 Å². The van der Waals surface area contributed by atoms with Gasteiger partial charge in [-0.1, -0.05) is 56.4 Å². The van der Waals surface area contributed by atoms with E-state index in [1.54, 1.807) is 6.20 Å². The van der Waals surface area contributed by atoms with Crippen LogP contribution in [0.15, 0.2) is 82.4 Å². The van der Waals surface area contributed by atoms with E-state index in [1.165, 1.54) is 22.3 Å². The molecular weight excluding hydrogens is 366 g/mol. The van der Waals surface area contributed by atoms with Gasteiger partial charge in [-0.3, -0.25) is 4.99 Å². The summed E-state index contributed by atoms with van der Waals surface area (Å²) in [7, 11) is 0. The van der Waals surface area contributed by atoms with Gasteiger partial charge in [-0.15, -0.1) is 0 Å². The third kappa shape index (κ3) is 6.62. The Labute approximate surface area is 183 Å². The van der Waals surface area contributed by atoms with Crippen molar-refractivity contribution in [3.63, 3.8) is 0 Å². The number of allylic oxidation sites excluding steroid dienone is 6. The summed E-state index contributed by atoms with van der Waals surface area (Å²) in [6, 6.07) is 6.72. The Kier molecular flexibility index (Phi) is 9.58. The standard InChI is InChI=1S/C27H39N3/c1-10-12-24(18-28)30-22(7)21(6)26(29-11-2)16-14-23-13-15-25(20(5)17-23)27(8,9)19(3)4/h10-13,15-18,30H,3,14,28H2,1-2,4-9H3/b12-10-,22-21+,24-18+,26-16+,29-11?. The molecule has 3 N–H and O–H groups in total. The minimum absolute atomic E-state index is 0.0284. The van der Waals surface area contributed by atoms with E-state index in [4.69, 9.17) is 5.73 Å². The number of hydrogen-bond donors (Lipinski definition) is 2. The van der Waals surface area contributed by atoms with Gasteiger partial charge in [-0.2, -0.15) is 0 Å². The van der Waals surface area contributed by atoms with Crippen LogP contribution in [0.1, 0.15) is 65.2 Å². The van der Waals surface area contributed by atoms with E-state index in [0.717, 1.165) is 29.1 Å². The molecule has 1 aromatic carbocycles. The highest BCUT2D eigenvalue weighted by atomic mass is 14.9. The van der Waals surface area contributed by atoms with Gasteiger partial charge in [-0.25, -0.2) is 0 Å². The highest BCUT2D eigenvalue weighted by Crippen LogP contribution is 2.33. The van der Waals surface area contributed by atoms with Crippen molar-refractivity contribution in [3.8, 4) is 0 Å². The number of nitrogens with zero attached hydrogens (tertiary/aromatic N) is 1. The molecule has 0 heterocycles. The van der Waals surface area contributed by atoms with Crippen LogP contribution in [0, 0.1) is 6.92 Å². The summed E-state index contributed by atoms with van der Waals surface area (Å²) in [5, 5.41) is 3.35. The monoisotopic (exact) mass is 405 g/mol. The Morgan fingerprint density at radius 1 is 1.20 bits per heavy atom. The molecule has 0 amide bonds. The van der Waals surface area contributed by atoms with Crippen LogP contribution in [0.3, 0.4) is 0 Å². The minimum Gasteiger partial charge on any atom is -0.403 e. The third-order valence-electron chi connectivity index (χ3n) is 5.63. The lowest BCUT2D eigenvalue weighted by atomic mass is 9.76. The quantitative estimate of drug-likeness (QED) is 0.275. The molecule has 3 heteroatoms. The van der Waals surface area contributed by atoms with E-state index in [2.05, 4.69) is 75.8 Å². The van der Waals surface area contributed by atoms with Gasteiger partial charge >= 0.3 is 0 Å². The molecule has 0 radical (unpaired) electrons. The molecule has 0 unspecified atom stereocenters. The molecule has 162 valence electrons. The average Bonchev–Trinajstić information content (AvgIpc) is 2.69. The summed E-state index contributed by atoms with van der Waals surface area (Å²) in [6.45, 7) is 20.9. The summed E-state index contributed by atoms with van der Waals surface area (Å²) in [5.74, 6) is 0. The molecular formula is C27H39N3. The molecule has 0 aliphatic carbocycles. The van der Waals surface area contributed by atoms with Crippen LogP contribution in [0.2, 0.25) is 0 Å². The summed E-state index contributed by atoms with van der Waals surface area (Å²) in [6.07, 6.45) is 10.3. The summed E-state index contributed by atoms with van der Waals surface area (Å²) >= 11 is 0. The second-order valence-corrected chi connectivity index (χ2v) is 8.23. The van der Waals surface area contributed by atoms with Crippen LogP contribution in [0.4, 0.5) is 0 Å². The molecule has 0 aromatic heterocycles. The van der Waals surface area contributed by atoms with Crippen molar-refractivity contribution in [3.05, 3.63) is 94.1 Å². The van der Waals surface area contributed by atoms with Crippen molar-refractivity contribution in [1.82, 2.24) is 5.32 Å². The zero-order chi connectivity index (χ0) is 22.9. The van der Waals surface area contributed by atoms with Crippen LogP contribution in [-0.4, -0.2) is 6.21 Å². The molecule has 0 saturated heterocycles. The Balaban J connectivity index is 3.18. The number of benzene rings is 1. The fourth-order valence-electron chi connectivity index (χ4n) is 3.26. The normalized spacial score (nSPS) is 14.4. The molecule has 0 fully saturated rings. The number of aryl methyl sites for hydroxylation is 1. The number of rotatable bonds is 9. The Hall–Kier alpha value is -2.81. The predicted molar refractivity (Wildman–Crippen MR) is 134 cm³/mol. The van der Waals surface area contributed by atoms with Gasteiger partial charge in [0.25, 0.3) is 0 Å². The lowest BCUT2D eigenvalue weighted by Crippen LogP contribution is -2.19. The van der Waals surface area contributed by atoms with Crippen LogP contribution in [0.5, 0.6) is 0 Å². The van der Waals surface area contributed by atoms with E-state index in [9.17, 15) is 0 Å². The maximum absolute atomic E-state index is 5.70. The van der Waals surface area contributed by atoms with Crippen LogP contribution >= 0.6 is 0 Å². The van der Waals surface area contributed by atoms with E-state index in [0.29, 0.717) is 0 Å². The van der Waals surface area contributed by atoms with E-state index in [1.807, 2.05) is 39.1 Å². The molecule has 0 spiro atoms. The first-order valence-corrected chi connectivity index (χ1v) is 10.5. The van der Waals surface area contributed by atoms with Gasteiger partial charge < -0.3 is 11.1 Å². The van der Waals surface area contributed by atoms with Gasteiger partial charge in [0.1, 0.15) is 0 Å². The molecule has 1 rings (SSSR count). The predicted octanol–water partition coefficient (Wildman–Crippen LogP) is 6.63. The molecule has 1 aromatic rings. The van der Waals surface area contributed by atoms with Crippen molar-refractivity contribution in [2.45, 2.75) is 67.2 Å². The smallest absolute Gasteiger partial charge is 0.0635 e. The first kappa shape index (κ1) is 25.2. The molecule has 3 nitrogen and oxygen atoms in total. The zero-order valence-corrected chi connectivity index (χ0v) is 20.1. The number of hydrogen-bond acceptors (Lipinski definition) is 3. The molecule has 0 bridgehead atoms. The van der Waals surface area contributed by atoms with E-state index < -0.39 is 0 Å². The van der Waals surface area contributed by atoms with Crippen LogP contribution in [0.25, 0.3) is 0 Å². The summed E-state index contributed by atoms with van der Waals surface area (Å²) in [4.78, 5) is 4.60. The first-order chi connectivity index (χ1) is 14.1. The van der Waals surface area contributed by atoms with Crippen molar-refractivity contribution in [1.29, 1.82) is 0 Å². The second-order valence-electron chi connectivity index (χ2n) is 8.23. The van der Waals surface area contributed by atoms with Gasteiger partial charge in [0.05, 0.1) is 11.4 Å². The van der Waals surface area contributed by atoms with Crippen molar-refractivity contribution in [2.24, 2.45) is 10.7 Å². The van der Waals surface area contributed by atoms with Gasteiger partial charge in [-0.05, 0) is 76.3 Å². The Bertz CT molecular complexity index is 906. The molecule has 0 atom stereocenters. The lowest BCUT2D eigenvalue weighted by Gasteiger charge is -2.28. The van der Waals surface area contributed by atoms with Crippen molar-refractivity contribution < 1.29 is 0 Å². The minimum atomic E-state index is -0.0284. The first-order valence-electron chi connectivity index (χ1n) is 10.5.